The number of thiazole rings is 1. The predicted octanol–water partition coefficient (Wildman–Crippen LogP) is 3.47. The Morgan fingerprint density at radius 1 is 1.00 bits per heavy atom. The second-order valence-corrected chi connectivity index (χ2v) is 8.69. The van der Waals surface area contributed by atoms with Gasteiger partial charge in [-0.1, -0.05) is 41.9 Å². The molecule has 2 heterocycles. The van der Waals surface area contributed by atoms with Crippen molar-refractivity contribution in [3.05, 3.63) is 81.3 Å². The SMILES string of the molecule is O=C(NCC(=O)N1CCN(c2ccc(Cl)cc2)CC1)c1csc(Cc2ccccc2)n1. The Labute approximate surface area is 190 Å². The van der Waals surface area contributed by atoms with Crippen LogP contribution in [0.5, 0.6) is 0 Å². The molecule has 1 aromatic heterocycles. The highest BCUT2D eigenvalue weighted by Gasteiger charge is 2.22. The number of benzene rings is 2. The molecule has 4 rings (SSSR count). The highest BCUT2D eigenvalue weighted by molar-refractivity contribution is 7.09. The van der Waals surface area contributed by atoms with Crippen molar-refractivity contribution in [2.75, 3.05) is 37.6 Å². The Hall–Kier alpha value is -2.90. The Bertz CT molecular complexity index is 1030. The van der Waals surface area contributed by atoms with Crippen LogP contribution in [0.4, 0.5) is 5.69 Å². The Kier molecular flexibility index (Phi) is 6.84. The molecule has 0 bridgehead atoms. The molecule has 0 spiro atoms. The summed E-state index contributed by atoms with van der Waals surface area (Å²) < 4.78 is 0. The van der Waals surface area contributed by atoms with E-state index in [9.17, 15) is 9.59 Å². The topological polar surface area (TPSA) is 65.5 Å². The van der Waals surface area contributed by atoms with Crippen molar-refractivity contribution >= 4 is 40.4 Å². The summed E-state index contributed by atoms with van der Waals surface area (Å²) in [6.07, 6.45) is 0.690. The van der Waals surface area contributed by atoms with Gasteiger partial charge in [-0.05, 0) is 29.8 Å². The highest BCUT2D eigenvalue weighted by Crippen LogP contribution is 2.19. The molecule has 0 radical (unpaired) electrons. The van der Waals surface area contributed by atoms with E-state index >= 15 is 0 Å². The molecule has 8 heteroatoms. The minimum absolute atomic E-state index is 0.0225. The number of aromatic nitrogens is 1. The fraction of sp³-hybridized carbons (Fsp3) is 0.261. The van der Waals surface area contributed by atoms with Gasteiger partial charge in [0.1, 0.15) is 5.69 Å². The molecule has 1 aliphatic heterocycles. The van der Waals surface area contributed by atoms with Crippen molar-refractivity contribution in [1.82, 2.24) is 15.2 Å². The lowest BCUT2D eigenvalue weighted by atomic mass is 10.2. The van der Waals surface area contributed by atoms with Crippen LogP contribution in [0, 0.1) is 0 Å². The first-order valence-electron chi connectivity index (χ1n) is 10.1. The minimum atomic E-state index is -0.316. The van der Waals surface area contributed by atoms with Crippen LogP contribution in [-0.4, -0.2) is 54.4 Å². The molecule has 160 valence electrons. The second kappa shape index (κ2) is 9.94. The highest BCUT2D eigenvalue weighted by atomic mass is 35.5. The molecule has 1 N–H and O–H groups in total. The molecule has 6 nitrogen and oxygen atoms in total. The molecular weight excluding hydrogens is 432 g/mol. The van der Waals surface area contributed by atoms with Crippen LogP contribution in [0.2, 0.25) is 5.02 Å². The average molecular weight is 455 g/mol. The van der Waals surface area contributed by atoms with E-state index in [1.807, 2.05) is 54.6 Å². The van der Waals surface area contributed by atoms with Gasteiger partial charge >= 0.3 is 0 Å². The molecule has 0 unspecified atom stereocenters. The number of carbonyl (C=O) groups excluding carboxylic acids is 2. The summed E-state index contributed by atoms with van der Waals surface area (Å²) in [5.41, 5.74) is 2.60. The number of piperazine rings is 1. The van der Waals surface area contributed by atoms with Crippen molar-refractivity contribution in [3.63, 3.8) is 0 Å². The van der Waals surface area contributed by atoms with Crippen molar-refractivity contribution in [3.8, 4) is 0 Å². The summed E-state index contributed by atoms with van der Waals surface area (Å²) in [7, 11) is 0. The van der Waals surface area contributed by atoms with Crippen molar-refractivity contribution in [2.24, 2.45) is 0 Å². The number of rotatable bonds is 6. The van der Waals surface area contributed by atoms with E-state index in [2.05, 4.69) is 15.2 Å². The molecule has 0 atom stereocenters. The Morgan fingerprint density at radius 2 is 1.71 bits per heavy atom. The first-order chi connectivity index (χ1) is 15.1. The molecule has 3 aromatic rings. The van der Waals surface area contributed by atoms with Crippen molar-refractivity contribution < 1.29 is 9.59 Å². The van der Waals surface area contributed by atoms with E-state index in [0.29, 0.717) is 30.2 Å². The van der Waals surface area contributed by atoms with Crippen LogP contribution in [0.1, 0.15) is 21.1 Å². The summed E-state index contributed by atoms with van der Waals surface area (Å²) in [5.74, 6) is -0.396. The maximum Gasteiger partial charge on any atom is 0.271 e. The lowest BCUT2D eigenvalue weighted by Crippen LogP contribution is -2.51. The van der Waals surface area contributed by atoms with Crippen LogP contribution in [0.15, 0.2) is 60.0 Å². The zero-order valence-electron chi connectivity index (χ0n) is 17.0. The minimum Gasteiger partial charge on any atom is -0.368 e. The zero-order valence-corrected chi connectivity index (χ0v) is 18.5. The molecule has 31 heavy (non-hydrogen) atoms. The molecule has 0 aliphatic carbocycles. The van der Waals surface area contributed by atoms with E-state index in [4.69, 9.17) is 11.6 Å². The van der Waals surface area contributed by atoms with Gasteiger partial charge in [0.15, 0.2) is 0 Å². The lowest BCUT2D eigenvalue weighted by Gasteiger charge is -2.36. The average Bonchev–Trinajstić information content (AvgIpc) is 3.27. The molecule has 1 fully saturated rings. The molecule has 1 aliphatic rings. The van der Waals surface area contributed by atoms with Gasteiger partial charge in [-0.2, -0.15) is 0 Å². The van der Waals surface area contributed by atoms with Gasteiger partial charge in [-0.3, -0.25) is 9.59 Å². The third kappa shape index (κ3) is 5.62. The summed E-state index contributed by atoms with van der Waals surface area (Å²) in [6.45, 7) is 2.71. The number of anilines is 1. The van der Waals surface area contributed by atoms with Crippen LogP contribution >= 0.6 is 22.9 Å². The van der Waals surface area contributed by atoms with Crippen LogP contribution < -0.4 is 10.2 Å². The van der Waals surface area contributed by atoms with Crippen LogP contribution in [0.25, 0.3) is 0 Å². The predicted molar refractivity (Wildman–Crippen MR) is 124 cm³/mol. The van der Waals surface area contributed by atoms with Gasteiger partial charge < -0.3 is 15.1 Å². The first kappa shape index (κ1) is 21.3. The molecule has 2 aromatic carbocycles. The first-order valence-corrected chi connectivity index (χ1v) is 11.4. The van der Waals surface area contributed by atoms with Gasteiger partial charge in [0.05, 0.1) is 11.6 Å². The van der Waals surface area contributed by atoms with E-state index < -0.39 is 0 Å². The van der Waals surface area contributed by atoms with Crippen molar-refractivity contribution in [1.29, 1.82) is 0 Å². The van der Waals surface area contributed by atoms with Gasteiger partial charge in [-0.15, -0.1) is 11.3 Å². The standard InChI is InChI=1S/C23H23ClN4O2S/c24-18-6-8-19(9-7-18)27-10-12-28(13-11-27)22(29)15-25-23(30)20-16-31-21(26-20)14-17-4-2-1-3-5-17/h1-9,16H,10-15H2,(H,25,30). The molecule has 2 amide bonds. The summed E-state index contributed by atoms with van der Waals surface area (Å²) in [4.78, 5) is 33.4. The number of amides is 2. The number of nitrogens with one attached hydrogen (secondary N) is 1. The monoisotopic (exact) mass is 454 g/mol. The third-order valence-electron chi connectivity index (χ3n) is 5.21. The third-order valence-corrected chi connectivity index (χ3v) is 6.31. The van der Waals surface area contributed by atoms with E-state index in [0.717, 1.165) is 29.3 Å². The molecule has 1 saturated heterocycles. The Balaban J connectivity index is 1.23. The van der Waals surface area contributed by atoms with Gasteiger partial charge in [0.25, 0.3) is 5.91 Å². The quantitative estimate of drug-likeness (QED) is 0.619. The number of hydrogen-bond acceptors (Lipinski definition) is 5. The summed E-state index contributed by atoms with van der Waals surface area (Å²) >= 11 is 7.40. The number of halogens is 1. The fourth-order valence-corrected chi connectivity index (χ4v) is 4.43. The van der Waals surface area contributed by atoms with Gasteiger partial charge in [0, 0.05) is 48.7 Å². The van der Waals surface area contributed by atoms with E-state index in [1.165, 1.54) is 11.3 Å². The normalized spacial score (nSPS) is 13.8. The second-order valence-electron chi connectivity index (χ2n) is 7.32. The van der Waals surface area contributed by atoms with Crippen LogP contribution in [0.3, 0.4) is 0 Å². The van der Waals surface area contributed by atoms with Crippen LogP contribution in [-0.2, 0) is 11.2 Å². The fourth-order valence-electron chi connectivity index (χ4n) is 3.49. The maximum absolute atomic E-state index is 12.5. The van der Waals surface area contributed by atoms with Gasteiger partial charge in [0.2, 0.25) is 5.91 Å². The molecular formula is C23H23ClN4O2S. The number of carbonyl (C=O) groups is 2. The number of hydrogen-bond donors (Lipinski definition) is 1. The summed E-state index contributed by atoms with van der Waals surface area (Å²) in [6, 6.07) is 17.7. The van der Waals surface area contributed by atoms with E-state index in [1.54, 1.807) is 10.3 Å². The molecule has 0 saturated carbocycles. The van der Waals surface area contributed by atoms with Gasteiger partial charge in [-0.25, -0.2) is 4.98 Å². The summed E-state index contributed by atoms with van der Waals surface area (Å²) in [5, 5.41) is 6.03. The smallest absolute Gasteiger partial charge is 0.271 e. The largest absolute Gasteiger partial charge is 0.368 e. The zero-order chi connectivity index (χ0) is 21.6. The van der Waals surface area contributed by atoms with Crippen molar-refractivity contribution in [2.45, 2.75) is 6.42 Å². The Morgan fingerprint density at radius 3 is 2.42 bits per heavy atom. The van der Waals surface area contributed by atoms with E-state index in [-0.39, 0.29) is 18.4 Å². The lowest BCUT2D eigenvalue weighted by molar-refractivity contribution is -0.130. The number of nitrogens with zero attached hydrogens (tertiary/aromatic N) is 3. The maximum atomic E-state index is 12.5.